The van der Waals surface area contributed by atoms with E-state index in [1.54, 1.807) is 72.4 Å². The fraction of sp³-hybridized carbons (Fsp3) is 0.717. The monoisotopic (exact) mass is 965 g/mol. The number of methoxy groups -OCH3 is 2. The highest BCUT2D eigenvalue weighted by Gasteiger charge is 2.44. The number of imide groups is 1. The van der Waals surface area contributed by atoms with E-state index in [9.17, 15) is 33.6 Å². The van der Waals surface area contributed by atoms with Gasteiger partial charge in [-0.05, 0) is 97.5 Å². The Morgan fingerprint density at radius 2 is 1.61 bits per heavy atom. The third kappa shape index (κ3) is 16.4. The number of benzene rings is 1. The average molecular weight is 965 g/mol. The van der Waals surface area contributed by atoms with Crippen LogP contribution in [0.15, 0.2) is 42.1 Å². The Bertz CT molecular complexity index is 1930. The maximum Gasteiger partial charge on any atom is 0.329 e. The van der Waals surface area contributed by atoms with Crippen LogP contribution in [0.3, 0.4) is 0 Å². The summed E-state index contributed by atoms with van der Waals surface area (Å²) >= 11 is 0. The minimum absolute atomic E-state index is 0.00412. The van der Waals surface area contributed by atoms with E-state index in [-0.39, 0.29) is 73.1 Å². The van der Waals surface area contributed by atoms with Crippen LogP contribution in [0, 0.1) is 17.8 Å². The van der Waals surface area contributed by atoms with Crippen molar-refractivity contribution in [2.75, 3.05) is 40.9 Å². The van der Waals surface area contributed by atoms with Gasteiger partial charge in [0.25, 0.3) is 0 Å². The number of nitrogens with one attached hydrogen (secondary N) is 3. The number of amides is 6. The molecule has 3 N–H and O–H groups in total. The first-order valence-electron chi connectivity index (χ1n) is 25.4. The molecular formula is C53H84N6O10. The smallest absolute Gasteiger partial charge is 0.329 e. The van der Waals surface area contributed by atoms with Crippen LogP contribution in [0.5, 0.6) is 0 Å². The molecular weight excluding hydrogens is 881 g/mol. The van der Waals surface area contributed by atoms with E-state index in [4.69, 9.17) is 14.2 Å². The molecule has 0 radical (unpaired) electrons. The van der Waals surface area contributed by atoms with Crippen LogP contribution in [0.4, 0.5) is 0 Å². The molecule has 4 rings (SSSR count). The van der Waals surface area contributed by atoms with E-state index < -0.39 is 53.4 Å². The lowest BCUT2D eigenvalue weighted by Crippen LogP contribution is -2.56. The second-order valence-electron chi connectivity index (χ2n) is 21.0. The Morgan fingerprint density at radius 1 is 0.928 bits per heavy atom. The number of likely N-dealkylation sites (tertiary alicyclic amines) is 2. The highest BCUT2D eigenvalue weighted by molar-refractivity contribution is 6.03. The standard InChI is InChI=1S/C53H84N6O10/c1-12-22-39(27-17-14-20-29-59-43(60)31-35(2)49(59)64)56-53(7,8)51(66)54-34-45(62)57(9)46(38-25-18-19-26-38)42(67-10)33-44(61)58-30-21-28-41(58)47(68-11)36(3)48(63)55-40(50(65)69-52(4,5)6)32-37-23-15-13-16-24-37/h13,15-16,22-24,35-36,38,40-42,46-47,56H,12,14,17-21,25-34H2,1-11H3,(H,54,66)(H,55,63)/b39-22+. The van der Waals surface area contributed by atoms with Crippen molar-refractivity contribution in [2.24, 2.45) is 17.8 Å². The summed E-state index contributed by atoms with van der Waals surface area (Å²) < 4.78 is 17.8. The number of hydrogen-bond donors (Lipinski definition) is 3. The number of unbranched alkanes of at least 4 members (excludes halogenated alkanes) is 2. The van der Waals surface area contributed by atoms with Crippen LogP contribution in [-0.4, -0.2) is 138 Å². The summed E-state index contributed by atoms with van der Waals surface area (Å²) in [5.41, 5.74) is -0.0115. The summed E-state index contributed by atoms with van der Waals surface area (Å²) in [6.07, 6.45) is 10.1. The summed E-state index contributed by atoms with van der Waals surface area (Å²) in [6.45, 7) is 15.1. The van der Waals surface area contributed by atoms with E-state index in [1.807, 2.05) is 37.3 Å². The highest BCUT2D eigenvalue weighted by atomic mass is 16.6. The van der Waals surface area contributed by atoms with Crippen LogP contribution in [0.25, 0.3) is 0 Å². The molecule has 0 spiro atoms. The number of esters is 1. The van der Waals surface area contributed by atoms with Crippen molar-refractivity contribution in [2.45, 2.75) is 187 Å². The van der Waals surface area contributed by atoms with Gasteiger partial charge in [0, 0.05) is 58.8 Å². The quantitative estimate of drug-likeness (QED) is 0.0573. The molecule has 0 aromatic heterocycles. The molecule has 2 heterocycles. The Kier molecular flexibility index (Phi) is 21.7. The summed E-state index contributed by atoms with van der Waals surface area (Å²) in [4.78, 5) is 98.8. The SMILES string of the molecule is CC/C=C(\CCCCCN1C(=O)CC(C)C1=O)NC(C)(C)C(=O)NCC(=O)N(C)C(C1CCCC1)C(CC(=O)N1CCCC1C(OC)C(C)C(=O)NC(Cc1ccccc1)C(=O)OC(C)(C)C)OC. The number of rotatable bonds is 26. The molecule has 3 fully saturated rings. The van der Waals surface area contributed by atoms with Gasteiger partial charge < -0.3 is 40.0 Å². The molecule has 7 unspecified atom stereocenters. The highest BCUT2D eigenvalue weighted by Crippen LogP contribution is 2.35. The minimum atomic E-state index is -1.04. The average Bonchev–Trinajstić information content (AvgIpc) is 4.06. The van der Waals surface area contributed by atoms with Crippen LogP contribution in [-0.2, 0) is 54.2 Å². The Hall–Kier alpha value is -4.83. The number of allylic oxidation sites excluding steroid dienone is 2. The molecule has 6 amide bonds. The topological polar surface area (TPSA) is 193 Å². The van der Waals surface area contributed by atoms with Crippen LogP contribution >= 0.6 is 0 Å². The molecule has 69 heavy (non-hydrogen) atoms. The first kappa shape index (κ1) is 56.8. The molecule has 1 saturated carbocycles. The molecule has 16 nitrogen and oxygen atoms in total. The zero-order valence-electron chi connectivity index (χ0n) is 43.5. The molecule has 1 aromatic rings. The molecule has 2 saturated heterocycles. The van der Waals surface area contributed by atoms with Gasteiger partial charge in [0.15, 0.2) is 0 Å². The van der Waals surface area contributed by atoms with Crippen molar-refractivity contribution < 1.29 is 47.8 Å². The summed E-state index contributed by atoms with van der Waals surface area (Å²) in [5.74, 6) is -2.81. The Balaban J connectivity index is 1.37. The van der Waals surface area contributed by atoms with E-state index in [1.165, 1.54) is 12.0 Å². The van der Waals surface area contributed by atoms with Gasteiger partial charge >= 0.3 is 5.97 Å². The third-order valence-corrected chi connectivity index (χ3v) is 13.9. The molecule has 16 heteroatoms. The normalized spacial score (nSPS) is 20.3. The van der Waals surface area contributed by atoms with Crippen molar-refractivity contribution in [3.63, 3.8) is 0 Å². The van der Waals surface area contributed by atoms with Gasteiger partial charge in [-0.25, -0.2) is 4.79 Å². The first-order chi connectivity index (χ1) is 32.6. The van der Waals surface area contributed by atoms with Crippen molar-refractivity contribution in [1.82, 2.24) is 30.7 Å². The summed E-state index contributed by atoms with van der Waals surface area (Å²) in [7, 11) is 4.82. The molecule has 3 aliphatic rings. The fourth-order valence-corrected chi connectivity index (χ4v) is 10.2. The van der Waals surface area contributed by atoms with Crippen molar-refractivity contribution in [3.05, 3.63) is 47.7 Å². The summed E-state index contributed by atoms with van der Waals surface area (Å²) in [6, 6.07) is 7.65. The van der Waals surface area contributed by atoms with E-state index in [0.717, 1.165) is 56.2 Å². The second-order valence-corrected chi connectivity index (χ2v) is 21.0. The van der Waals surface area contributed by atoms with Crippen LogP contribution < -0.4 is 16.0 Å². The minimum Gasteiger partial charge on any atom is -0.458 e. The molecule has 386 valence electrons. The molecule has 2 aliphatic heterocycles. The van der Waals surface area contributed by atoms with Gasteiger partial charge in [-0.3, -0.25) is 33.7 Å². The second kappa shape index (κ2) is 26.4. The van der Waals surface area contributed by atoms with E-state index >= 15 is 0 Å². The van der Waals surface area contributed by atoms with Gasteiger partial charge in [0.1, 0.15) is 17.2 Å². The van der Waals surface area contributed by atoms with Crippen LogP contribution in [0.2, 0.25) is 0 Å². The van der Waals surface area contributed by atoms with Gasteiger partial charge in [0.05, 0.1) is 43.2 Å². The zero-order chi connectivity index (χ0) is 51.1. The Morgan fingerprint density at radius 3 is 2.20 bits per heavy atom. The predicted octanol–water partition coefficient (Wildman–Crippen LogP) is 5.85. The Labute approximate surface area is 411 Å². The number of likely N-dealkylation sites (N-methyl/N-ethyl adjacent to an activating group) is 1. The molecule has 7 atom stereocenters. The lowest BCUT2D eigenvalue weighted by atomic mass is 9.89. The van der Waals surface area contributed by atoms with Crippen molar-refractivity contribution >= 4 is 41.4 Å². The van der Waals surface area contributed by atoms with Gasteiger partial charge in [-0.2, -0.15) is 0 Å². The number of carbonyl (C=O) groups is 7. The maximum absolute atomic E-state index is 14.4. The zero-order valence-corrected chi connectivity index (χ0v) is 43.5. The van der Waals surface area contributed by atoms with E-state index in [0.29, 0.717) is 38.8 Å². The lowest BCUT2D eigenvalue weighted by molar-refractivity contribution is -0.159. The fourth-order valence-electron chi connectivity index (χ4n) is 10.2. The molecule has 1 aliphatic carbocycles. The summed E-state index contributed by atoms with van der Waals surface area (Å²) in [5, 5.41) is 9.19. The number of hydrogen-bond acceptors (Lipinski definition) is 11. The van der Waals surface area contributed by atoms with Crippen molar-refractivity contribution in [3.8, 4) is 0 Å². The third-order valence-electron chi connectivity index (χ3n) is 13.9. The molecule has 1 aromatic carbocycles. The first-order valence-corrected chi connectivity index (χ1v) is 25.4. The van der Waals surface area contributed by atoms with Gasteiger partial charge in [-0.1, -0.05) is 76.4 Å². The van der Waals surface area contributed by atoms with Crippen LogP contribution in [0.1, 0.15) is 144 Å². The number of ether oxygens (including phenoxy) is 3. The number of carbonyl (C=O) groups excluding carboxylic acids is 7. The van der Waals surface area contributed by atoms with Crippen molar-refractivity contribution in [1.29, 1.82) is 0 Å². The maximum atomic E-state index is 14.4. The number of nitrogens with zero attached hydrogens (tertiary/aromatic N) is 3. The molecule has 0 bridgehead atoms. The predicted molar refractivity (Wildman–Crippen MR) is 264 cm³/mol. The largest absolute Gasteiger partial charge is 0.458 e. The van der Waals surface area contributed by atoms with E-state index in [2.05, 4.69) is 22.0 Å². The lowest BCUT2D eigenvalue weighted by Gasteiger charge is -2.39. The van der Waals surface area contributed by atoms with Gasteiger partial charge in [0.2, 0.25) is 35.4 Å². The van der Waals surface area contributed by atoms with Gasteiger partial charge in [-0.15, -0.1) is 0 Å².